The van der Waals surface area contributed by atoms with Crippen LogP contribution in [0, 0.1) is 5.92 Å². The van der Waals surface area contributed by atoms with Crippen LogP contribution >= 0.6 is 0 Å². The van der Waals surface area contributed by atoms with Gasteiger partial charge in [-0.2, -0.15) is 0 Å². The fourth-order valence-corrected chi connectivity index (χ4v) is 1.02. The Hall–Kier alpha value is -0.311. The van der Waals surface area contributed by atoms with Crippen LogP contribution in [-0.2, 0) is 26.6 Å². The summed E-state index contributed by atoms with van der Waals surface area (Å²) in [4.78, 5) is 11.3. The average molecular weight is 278 g/mol. The first-order valence-corrected chi connectivity index (χ1v) is 5.25. The number of carbonyl (C=O) groups excluding carboxylic acids is 1. The van der Waals surface area contributed by atoms with E-state index in [1.54, 1.807) is 20.8 Å². The molecule has 1 atom stereocenters. The molecular weight excluding hydrogens is 256 g/mol. The van der Waals surface area contributed by atoms with Crippen molar-refractivity contribution in [1.29, 1.82) is 0 Å². The first kappa shape index (κ1) is 18.1. The number of ketones is 1. The maximum atomic E-state index is 11.3. The molecule has 0 aliphatic heterocycles. The first-order chi connectivity index (χ1) is 6.63. The number of allylic oxidation sites excluding steroid dienone is 1. The molecule has 0 spiro atoms. The van der Waals surface area contributed by atoms with Gasteiger partial charge in [0.25, 0.3) is 0 Å². The maximum Gasteiger partial charge on any atom is 0.161 e. The molecule has 0 amide bonds. The van der Waals surface area contributed by atoms with E-state index in [1.807, 2.05) is 20.8 Å². The molecule has 0 aromatic rings. The van der Waals surface area contributed by atoms with Gasteiger partial charge in [0.15, 0.2) is 5.78 Å². The number of rotatable bonds is 4. The molecule has 16 heavy (non-hydrogen) atoms. The van der Waals surface area contributed by atoms with Crippen molar-refractivity contribution in [2.24, 2.45) is 5.92 Å². The van der Waals surface area contributed by atoms with E-state index >= 15 is 0 Å². The number of carbonyl (C=O) groups is 1. The Morgan fingerprint density at radius 2 is 1.69 bits per heavy atom. The normalized spacial score (nSPS) is 14.6. The zero-order chi connectivity index (χ0) is 12.2. The minimum absolute atomic E-state index is 0. The Labute approximate surface area is 109 Å². The van der Waals surface area contributed by atoms with Crippen LogP contribution in [0.1, 0.15) is 41.5 Å². The van der Waals surface area contributed by atoms with Crippen molar-refractivity contribution in [2.45, 2.75) is 53.2 Å². The predicted octanol–water partition coefficient (Wildman–Crippen LogP) is 2.85. The molecule has 4 heteroatoms. The van der Waals surface area contributed by atoms with Gasteiger partial charge in [-0.1, -0.05) is 13.8 Å². The third-order valence-corrected chi connectivity index (χ3v) is 1.81. The first-order valence-electron chi connectivity index (χ1n) is 5.25. The van der Waals surface area contributed by atoms with Crippen molar-refractivity contribution in [3.05, 3.63) is 11.8 Å². The summed E-state index contributed by atoms with van der Waals surface area (Å²) in [5.41, 5.74) is -0.331. The predicted molar refractivity (Wildman–Crippen MR) is 60.9 cm³/mol. The molecule has 0 fully saturated rings. The molecule has 0 aliphatic rings. The summed E-state index contributed by atoms with van der Waals surface area (Å²) >= 11 is 0. The number of ether oxygens (including phenoxy) is 1. The van der Waals surface area contributed by atoms with Crippen molar-refractivity contribution >= 4 is 5.78 Å². The summed E-state index contributed by atoms with van der Waals surface area (Å²) in [7, 11) is 0. The third-order valence-electron chi connectivity index (χ3n) is 1.81. The van der Waals surface area contributed by atoms with E-state index in [4.69, 9.17) is 4.74 Å². The molecule has 0 heterocycles. The van der Waals surface area contributed by atoms with E-state index < -0.39 is 6.10 Å². The van der Waals surface area contributed by atoms with Crippen LogP contribution < -0.4 is 0 Å². The van der Waals surface area contributed by atoms with Gasteiger partial charge in [0.05, 0.1) is 5.60 Å². The molecule has 0 aromatic heterocycles. The molecule has 99 valence electrons. The second-order valence-corrected chi connectivity index (χ2v) is 5.00. The fourth-order valence-electron chi connectivity index (χ4n) is 1.02. The Bertz CT molecular complexity index is 251. The zero-order valence-corrected chi connectivity index (χ0v) is 11.7. The van der Waals surface area contributed by atoms with Gasteiger partial charge in [0.2, 0.25) is 0 Å². The van der Waals surface area contributed by atoms with Gasteiger partial charge in [-0.15, -0.1) is 0 Å². The average Bonchev–Trinajstić information content (AvgIpc) is 2.00. The largest absolute Gasteiger partial charge is 0.509 e. The molecule has 1 N–H and O–H groups in total. The van der Waals surface area contributed by atoms with Crippen molar-refractivity contribution in [2.75, 3.05) is 0 Å². The number of hydrogen-bond donors (Lipinski definition) is 1. The molecule has 0 saturated carbocycles. The zero-order valence-electron chi connectivity index (χ0n) is 10.8. The van der Waals surface area contributed by atoms with Gasteiger partial charge in [-0.25, -0.2) is 0 Å². The Morgan fingerprint density at radius 1 is 1.25 bits per heavy atom. The van der Waals surface area contributed by atoms with Crippen molar-refractivity contribution in [1.82, 2.24) is 0 Å². The molecule has 0 saturated heterocycles. The van der Waals surface area contributed by atoms with Gasteiger partial charge < -0.3 is 9.84 Å². The van der Waals surface area contributed by atoms with Crippen LogP contribution in [0.4, 0.5) is 0 Å². The monoisotopic (exact) mass is 277 g/mol. The van der Waals surface area contributed by atoms with Crippen LogP contribution in [0.25, 0.3) is 0 Å². The summed E-state index contributed by atoms with van der Waals surface area (Å²) in [5, 5.41) is 9.62. The number of aliphatic hydroxyl groups is 1. The Kier molecular flexibility index (Phi) is 8.02. The molecule has 0 aromatic carbocycles. The van der Waals surface area contributed by atoms with Gasteiger partial charge in [0.1, 0.15) is 11.9 Å². The second-order valence-electron chi connectivity index (χ2n) is 5.00. The van der Waals surface area contributed by atoms with E-state index in [2.05, 4.69) is 0 Å². The molecule has 0 bridgehead atoms. The standard InChI is InChI=1S/C12H22O3.Cu/c1-8(2)10(13)7-11(14)9(3)15-12(4,5)6;/h7-9,14H,1-6H3;/b11-7-;. The minimum Gasteiger partial charge on any atom is -0.509 e. The van der Waals surface area contributed by atoms with Crippen LogP contribution in [0.3, 0.4) is 0 Å². The summed E-state index contributed by atoms with van der Waals surface area (Å²) in [6.45, 7) is 11.0. The van der Waals surface area contributed by atoms with Gasteiger partial charge in [-0.3, -0.25) is 4.79 Å². The van der Waals surface area contributed by atoms with Crippen LogP contribution in [0.2, 0.25) is 0 Å². The van der Waals surface area contributed by atoms with Crippen LogP contribution in [-0.4, -0.2) is 22.6 Å². The Balaban J connectivity index is 0. The summed E-state index contributed by atoms with van der Waals surface area (Å²) in [6.07, 6.45) is 0.800. The summed E-state index contributed by atoms with van der Waals surface area (Å²) in [5.74, 6) is -0.200. The fraction of sp³-hybridized carbons (Fsp3) is 0.750. The van der Waals surface area contributed by atoms with E-state index in [0.717, 1.165) is 0 Å². The molecule has 0 rings (SSSR count). The third kappa shape index (κ3) is 7.91. The van der Waals surface area contributed by atoms with E-state index in [1.165, 1.54) is 6.08 Å². The van der Waals surface area contributed by atoms with E-state index in [-0.39, 0.29) is 40.1 Å². The summed E-state index contributed by atoms with van der Waals surface area (Å²) < 4.78 is 5.51. The maximum absolute atomic E-state index is 11.3. The minimum atomic E-state index is -0.451. The van der Waals surface area contributed by atoms with Crippen molar-refractivity contribution in [3.8, 4) is 0 Å². The topological polar surface area (TPSA) is 46.5 Å². The molecule has 3 nitrogen and oxygen atoms in total. The van der Waals surface area contributed by atoms with Crippen molar-refractivity contribution < 1.29 is 31.7 Å². The van der Waals surface area contributed by atoms with Crippen LogP contribution in [0.5, 0.6) is 0 Å². The Morgan fingerprint density at radius 3 is 2.00 bits per heavy atom. The quantitative estimate of drug-likeness (QED) is 0.488. The molecule has 0 aliphatic carbocycles. The van der Waals surface area contributed by atoms with Gasteiger partial charge in [-0.05, 0) is 27.7 Å². The molecule has 1 radical (unpaired) electrons. The van der Waals surface area contributed by atoms with Gasteiger partial charge >= 0.3 is 0 Å². The van der Waals surface area contributed by atoms with E-state index in [9.17, 15) is 9.90 Å². The second kappa shape index (κ2) is 7.10. The van der Waals surface area contributed by atoms with Crippen molar-refractivity contribution in [3.63, 3.8) is 0 Å². The van der Waals surface area contributed by atoms with Crippen LogP contribution in [0.15, 0.2) is 11.8 Å². The SMILES string of the molecule is CC(C)C(=O)/C=C(\O)C(C)OC(C)(C)C.[Cu]. The molecular formula is C12H22CuO3. The van der Waals surface area contributed by atoms with E-state index in [0.29, 0.717) is 0 Å². The smallest absolute Gasteiger partial charge is 0.161 e. The number of aliphatic hydroxyl groups excluding tert-OH is 1. The number of hydrogen-bond acceptors (Lipinski definition) is 3. The molecule has 1 unspecified atom stereocenters. The van der Waals surface area contributed by atoms with Gasteiger partial charge in [0, 0.05) is 29.1 Å². The summed E-state index contributed by atoms with van der Waals surface area (Å²) in [6, 6.07) is 0.